The quantitative estimate of drug-likeness (QED) is 0.193. The second-order valence-electron chi connectivity index (χ2n) is 6.63. The van der Waals surface area contributed by atoms with Crippen LogP contribution in [0.2, 0.25) is 10.6 Å². The van der Waals surface area contributed by atoms with Crippen molar-refractivity contribution >= 4 is 22.9 Å². The van der Waals surface area contributed by atoms with Crippen molar-refractivity contribution in [1.82, 2.24) is 0 Å². The van der Waals surface area contributed by atoms with Crippen LogP contribution in [0.3, 0.4) is 0 Å². The van der Waals surface area contributed by atoms with Crippen LogP contribution in [-0.2, 0) is 12.8 Å². The summed E-state index contributed by atoms with van der Waals surface area (Å²) in [7, 11) is 0.183. The second kappa shape index (κ2) is 13.6. The normalized spacial score (nSPS) is 11.1. The van der Waals surface area contributed by atoms with Gasteiger partial charge in [0, 0.05) is 0 Å². The Labute approximate surface area is 162 Å². The van der Waals surface area contributed by atoms with Gasteiger partial charge in [0.2, 0.25) is 0 Å². The molecule has 0 amide bonds. The van der Waals surface area contributed by atoms with E-state index in [1.807, 2.05) is 0 Å². The minimum atomic E-state index is 0.183. The molecule has 2 aromatic rings. The third-order valence-corrected chi connectivity index (χ3v) is 10.1. The van der Waals surface area contributed by atoms with E-state index in [4.69, 9.17) is 0 Å². The summed E-state index contributed by atoms with van der Waals surface area (Å²) in [6, 6.07) is 22.1. The van der Waals surface area contributed by atoms with Gasteiger partial charge < -0.3 is 0 Å². The molecule has 0 fully saturated rings. The zero-order valence-corrected chi connectivity index (χ0v) is 18.3. The first-order chi connectivity index (χ1) is 12.4. The van der Waals surface area contributed by atoms with Gasteiger partial charge in [-0.1, -0.05) is 0 Å². The Balaban J connectivity index is 1.75. The average Bonchev–Trinajstić information content (AvgIpc) is 2.67. The monoisotopic (exact) mass is 420 g/mol. The number of rotatable bonds is 13. The van der Waals surface area contributed by atoms with Crippen LogP contribution in [0, 0.1) is 0 Å². The van der Waals surface area contributed by atoms with Gasteiger partial charge in [0.25, 0.3) is 0 Å². The molecule has 0 saturated heterocycles. The molecule has 0 aliphatic rings. The molecular weight excluding hydrogens is 386 g/mol. The fourth-order valence-electron chi connectivity index (χ4n) is 2.95. The Bertz CT molecular complexity index is 497. The molecule has 0 bridgehead atoms. The van der Waals surface area contributed by atoms with Gasteiger partial charge in [-0.05, 0) is 0 Å². The van der Waals surface area contributed by atoms with Crippen molar-refractivity contribution < 1.29 is 0 Å². The number of aryl methyl sites for hydroxylation is 2. The van der Waals surface area contributed by atoms with Crippen molar-refractivity contribution in [2.45, 2.75) is 49.7 Å². The molecule has 136 valence electrons. The summed E-state index contributed by atoms with van der Waals surface area (Å²) in [6.45, 7) is 2.30. The van der Waals surface area contributed by atoms with E-state index in [0.717, 1.165) is 15.0 Å². The Morgan fingerprint density at radius 1 is 0.680 bits per heavy atom. The predicted molar refractivity (Wildman–Crippen MR) is 117 cm³/mol. The van der Waals surface area contributed by atoms with E-state index < -0.39 is 0 Å². The van der Waals surface area contributed by atoms with Crippen LogP contribution >= 0.6 is 7.92 Å². The first-order valence-corrected chi connectivity index (χ1v) is 14.1. The Hall–Kier alpha value is -0.611. The zero-order chi connectivity index (χ0) is 17.6. The molecular formula is C23H33PSe. The predicted octanol–water partition coefficient (Wildman–Crippen LogP) is 6.68. The number of benzene rings is 2. The third kappa shape index (κ3) is 9.60. The second-order valence-corrected chi connectivity index (χ2v) is 11.9. The van der Waals surface area contributed by atoms with Gasteiger partial charge in [0.15, 0.2) is 0 Å². The van der Waals surface area contributed by atoms with Gasteiger partial charge in [-0.2, -0.15) is 0 Å². The SMILES string of the molecule is CCCCC[Se]CCP(CCc1ccccc1)CCc1ccccc1. The van der Waals surface area contributed by atoms with Gasteiger partial charge in [-0.3, -0.25) is 0 Å². The molecule has 2 aromatic carbocycles. The fraction of sp³-hybridized carbons (Fsp3) is 0.478. The number of unbranched alkanes of at least 4 members (excludes halogenated alkanes) is 2. The molecule has 25 heavy (non-hydrogen) atoms. The summed E-state index contributed by atoms with van der Waals surface area (Å²) in [5, 5.41) is 3.01. The van der Waals surface area contributed by atoms with Gasteiger partial charge in [-0.25, -0.2) is 0 Å². The van der Waals surface area contributed by atoms with Crippen molar-refractivity contribution in [3.05, 3.63) is 71.8 Å². The molecule has 0 N–H and O–H groups in total. The van der Waals surface area contributed by atoms with E-state index in [2.05, 4.69) is 67.6 Å². The van der Waals surface area contributed by atoms with E-state index in [1.54, 1.807) is 0 Å². The first kappa shape index (κ1) is 20.7. The van der Waals surface area contributed by atoms with Crippen LogP contribution in [0.25, 0.3) is 0 Å². The molecule has 2 heteroatoms. The summed E-state index contributed by atoms with van der Waals surface area (Å²) in [4.78, 5) is 0. The number of hydrogen-bond donors (Lipinski definition) is 0. The van der Waals surface area contributed by atoms with Crippen LogP contribution in [0.15, 0.2) is 60.7 Å². The van der Waals surface area contributed by atoms with E-state index in [9.17, 15) is 0 Å². The standard InChI is InChI=1S/C23H33PSe/c1-2-3-10-20-25-21-19-24(17-15-22-11-6-4-7-12-22)18-16-23-13-8-5-9-14-23/h4-9,11-14H,2-3,10,15-21H2,1H3. The summed E-state index contributed by atoms with van der Waals surface area (Å²) in [6.07, 6.45) is 11.1. The van der Waals surface area contributed by atoms with Gasteiger partial charge in [-0.15, -0.1) is 0 Å². The van der Waals surface area contributed by atoms with Crippen molar-refractivity contribution in [2.24, 2.45) is 0 Å². The van der Waals surface area contributed by atoms with Crippen LogP contribution in [0.5, 0.6) is 0 Å². The van der Waals surface area contributed by atoms with Crippen molar-refractivity contribution in [3.8, 4) is 0 Å². The van der Waals surface area contributed by atoms with E-state index in [1.165, 1.54) is 72.4 Å². The molecule has 0 spiro atoms. The van der Waals surface area contributed by atoms with E-state index in [-0.39, 0.29) is 7.92 Å². The molecule has 0 aliphatic heterocycles. The molecule has 0 unspecified atom stereocenters. The van der Waals surface area contributed by atoms with Crippen molar-refractivity contribution in [3.63, 3.8) is 0 Å². The Morgan fingerprint density at radius 3 is 1.76 bits per heavy atom. The first-order valence-electron chi connectivity index (χ1n) is 9.76. The van der Waals surface area contributed by atoms with Crippen LogP contribution in [0.1, 0.15) is 37.3 Å². The molecule has 0 heterocycles. The third-order valence-electron chi connectivity index (χ3n) is 4.56. The van der Waals surface area contributed by atoms with Gasteiger partial charge >= 0.3 is 163 Å². The molecule has 2 rings (SSSR count). The van der Waals surface area contributed by atoms with E-state index >= 15 is 0 Å². The van der Waals surface area contributed by atoms with Crippen LogP contribution < -0.4 is 0 Å². The number of hydrogen-bond acceptors (Lipinski definition) is 0. The summed E-state index contributed by atoms with van der Waals surface area (Å²) in [5.74, 6) is 0. The van der Waals surface area contributed by atoms with Crippen LogP contribution in [0.4, 0.5) is 0 Å². The van der Waals surface area contributed by atoms with Gasteiger partial charge in [0.05, 0.1) is 0 Å². The molecule has 0 radical (unpaired) electrons. The molecule has 0 aromatic heterocycles. The summed E-state index contributed by atoms with van der Waals surface area (Å²) >= 11 is 0.884. The Morgan fingerprint density at radius 2 is 1.24 bits per heavy atom. The minimum absolute atomic E-state index is 0.183. The van der Waals surface area contributed by atoms with Gasteiger partial charge in [0.1, 0.15) is 0 Å². The van der Waals surface area contributed by atoms with Crippen molar-refractivity contribution in [2.75, 3.05) is 18.5 Å². The maximum atomic E-state index is 2.30. The average molecular weight is 419 g/mol. The molecule has 0 atom stereocenters. The van der Waals surface area contributed by atoms with Crippen LogP contribution in [-0.4, -0.2) is 33.4 Å². The zero-order valence-electron chi connectivity index (χ0n) is 15.7. The van der Waals surface area contributed by atoms with Crippen molar-refractivity contribution in [1.29, 1.82) is 0 Å². The summed E-state index contributed by atoms with van der Waals surface area (Å²) < 4.78 is 0. The van der Waals surface area contributed by atoms with E-state index in [0.29, 0.717) is 0 Å². The summed E-state index contributed by atoms with van der Waals surface area (Å²) in [5.41, 5.74) is 3.03. The topological polar surface area (TPSA) is 0 Å². The Kier molecular flexibility index (Phi) is 11.2. The fourth-order valence-corrected chi connectivity index (χ4v) is 8.88. The molecule has 0 saturated carbocycles. The maximum absolute atomic E-state index is 2.30. The molecule has 0 nitrogen and oxygen atoms in total. The molecule has 0 aliphatic carbocycles.